The molecule has 0 radical (unpaired) electrons. The van der Waals surface area contributed by atoms with E-state index in [0.29, 0.717) is 0 Å². The number of hydrogen-bond acceptors (Lipinski definition) is 4. The Morgan fingerprint density at radius 3 is 2.07 bits per heavy atom. The number of primary amides is 1. The van der Waals surface area contributed by atoms with Gasteiger partial charge in [0.25, 0.3) is 0 Å². The molecule has 0 heterocycles. The standard InChI is InChI=1S/C10H21NO4/c1-10(2,3)8(14-5)7(13-4)6-15-9(11)12/h7-8H,6H2,1-5H3,(H2,11,12)/t7-,8?/m1/s1. The molecule has 0 aliphatic carbocycles. The van der Waals surface area contributed by atoms with Crippen molar-refractivity contribution in [3.63, 3.8) is 0 Å². The highest BCUT2D eigenvalue weighted by molar-refractivity contribution is 5.64. The maximum absolute atomic E-state index is 10.5. The Kier molecular flexibility index (Phi) is 5.60. The van der Waals surface area contributed by atoms with Crippen LogP contribution in [0.4, 0.5) is 4.79 Å². The summed E-state index contributed by atoms with van der Waals surface area (Å²) in [4.78, 5) is 10.5. The lowest BCUT2D eigenvalue weighted by atomic mass is 9.86. The number of nitrogens with two attached hydrogens (primary N) is 1. The van der Waals surface area contributed by atoms with E-state index < -0.39 is 6.09 Å². The molecular weight excluding hydrogens is 198 g/mol. The summed E-state index contributed by atoms with van der Waals surface area (Å²) in [6.45, 7) is 6.17. The zero-order valence-electron chi connectivity index (χ0n) is 10.1. The van der Waals surface area contributed by atoms with Gasteiger partial charge >= 0.3 is 6.09 Å². The van der Waals surface area contributed by atoms with Gasteiger partial charge in [-0.2, -0.15) is 0 Å². The van der Waals surface area contributed by atoms with E-state index in [-0.39, 0.29) is 24.2 Å². The minimum Gasteiger partial charge on any atom is -0.447 e. The Morgan fingerprint density at radius 2 is 1.80 bits per heavy atom. The molecule has 0 aromatic carbocycles. The fraction of sp³-hybridized carbons (Fsp3) is 0.900. The summed E-state index contributed by atoms with van der Waals surface area (Å²) < 4.78 is 15.3. The summed E-state index contributed by atoms with van der Waals surface area (Å²) >= 11 is 0. The number of rotatable bonds is 5. The first kappa shape index (κ1) is 14.2. The van der Waals surface area contributed by atoms with E-state index >= 15 is 0 Å². The Hall–Kier alpha value is -0.810. The van der Waals surface area contributed by atoms with E-state index in [4.69, 9.17) is 19.9 Å². The minimum absolute atomic E-state index is 0.0988. The number of amides is 1. The summed E-state index contributed by atoms with van der Waals surface area (Å²) in [5, 5.41) is 0. The van der Waals surface area contributed by atoms with Crippen LogP contribution in [-0.4, -0.2) is 39.1 Å². The van der Waals surface area contributed by atoms with Crippen LogP contribution in [0.1, 0.15) is 20.8 Å². The second kappa shape index (κ2) is 5.92. The summed E-state index contributed by atoms with van der Waals surface area (Å²) in [5.74, 6) is 0. The fourth-order valence-corrected chi connectivity index (χ4v) is 1.51. The second-order valence-corrected chi connectivity index (χ2v) is 4.43. The molecule has 0 bridgehead atoms. The van der Waals surface area contributed by atoms with E-state index in [1.807, 2.05) is 20.8 Å². The van der Waals surface area contributed by atoms with Crippen molar-refractivity contribution >= 4 is 6.09 Å². The topological polar surface area (TPSA) is 70.8 Å². The zero-order chi connectivity index (χ0) is 12.1. The van der Waals surface area contributed by atoms with Crippen molar-refractivity contribution in [2.45, 2.75) is 33.0 Å². The second-order valence-electron chi connectivity index (χ2n) is 4.43. The van der Waals surface area contributed by atoms with Crippen LogP contribution < -0.4 is 5.73 Å². The molecule has 5 nitrogen and oxygen atoms in total. The molecule has 2 N–H and O–H groups in total. The molecule has 0 saturated carbocycles. The molecule has 0 aromatic rings. The average molecular weight is 219 g/mol. The van der Waals surface area contributed by atoms with E-state index in [0.717, 1.165) is 0 Å². The first-order chi connectivity index (χ1) is 6.82. The third-order valence-corrected chi connectivity index (χ3v) is 2.14. The first-order valence-electron chi connectivity index (χ1n) is 4.80. The molecular formula is C10H21NO4. The smallest absolute Gasteiger partial charge is 0.404 e. The van der Waals surface area contributed by atoms with Crippen LogP contribution in [0.25, 0.3) is 0 Å². The van der Waals surface area contributed by atoms with Gasteiger partial charge in [-0.05, 0) is 5.41 Å². The normalized spacial score (nSPS) is 15.8. The number of carbonyl (C=O) groups excluding carboxylic acids is 1. The van der Waals surface area contributed by atoms with Gasteiger partial charge in [-0.3, -0.25) is 0 Å². The Morgan fingerprint density at radius 1 is 1.27 bits per heavy atom. The molecule has 5 heteroatoms. The van der Waals surface area contributed by atoms with Gasteiger partial charge in [0, 0.05) is 14.2 Å². The molecule has 0 saturated heterocycles. The van der Waals surface area contributed by atoms with Gasteiger partial charge in [-0.25, -0.2) is 4.79 Å². The molecule has 2 atom stereocenters. The molecule has 0 aliphatic heterocycles. The average Bonchev–Trinajstić information content (AvgIpc) is 2.09. The van der Waals surface area contributed by atoms with Crippen molar-refractivity contribution in [1.29, 1.82) is 0 Å². The third-order valence-electron chi connectivity index (χ3n) is 2.14. The highest BCUT2D eigenvalue weighted by Crippen LogP contribution is 2.25. The lowest BCUT2D eigenvalue weighted by Crippen LogP contribution is -2.43. The van der Waals surface area contributed by atoms with Gasteiger partial charge in [-0.1, -0.05) is 20.8 Å². The fourth-order valence-electron chi connectivity index (χ4n) is 1.51. The van der Waals surface area contributed by atoms with Crippen LogP contribution in [-0.2, 0) is 14.2 Å². The Labute approximate surface area is 90.9 Å². The Balaban J connectivity index is 4.41. The van der Waals surface area contributed by atoms with Crippen molar-refractivity contribution < 1.29 is 19.0 Å². The maximum atomic E-state index is 10.5. The van der Waals surface area contributed by atoms with Gasteiger partial charge in [0.15, 0.2) is 0 Å². The van der Waals surface area contributed by atoms with Crippen molar-refractivity contribution in [3.8, 4) is 0 Å². The molecule has 0 fully saturated rings. The molecule has 1 unspecified atom stereocenters. The molecule has 0 aromatic heterocycles. The van der Waals surface area contributed by atoms with Crippen molar-refractivity contribution in [1.82, 2.24) is 0 Å². The Bertz CT molecular complexity index is 200. The van der Waals surface area contributed by atoms with Crippen molar-refractivity contribution in [2.75, 3.05) is 20.8 Å². The quantitative estimate of drug-likeness (QED) is 0.753. The van der Waals surface area contributed by atoms with Crippen LogP contribution in [0.2, 0.25) is 0 Å². The zero-order valence-corrected chi connectivity index (χ0v) is 10.1. The van der Waals surface area contributed by atoms with Crippen LogP contribution in [0.3, 0.4) is 0 Å². The number of hydrogen-bond donors (Lipinski definition) is 1. The number of ether oxygens (including phenoxy) is 3. The number of carbonyl (C=O) groups is 1. The molecule has 15 heavy (non-hydrogen) atoms. The predicted octanol–water partition coefficient (Wildman–Crippen LogP) is 1.16. The van der Waals surface area contributed by atoms with Gasteiger partial charge in [-0.15, -0.1) is 0 Å². The molecule has 0 aliphatic rings. The van der Waals surface area contributed by atoms with Crippen LogP contribution in [0.5, 0.6) is 0 Å². The summed E-state index contributed by atoms with van der Waals surface area (Å²) in [6, 6.07) is 0. The molecule has 90 valence electrons. The predicted molar refractivity (Wildman–Crippen MR) is 56.6 cm³/mol. The summed E-state index contributed by atoms with van der Waals surface area (Å²) in [6.07, 6.45) is -1.29. The third kappa shape index (κ3) is 4.99. The summed E-state index contributed by atoms with van der Waals surface area (Å²) in [5.41, 5.74) is 4.79. The summed E-state index contributed by atoms with van der Waals surface area (Å²) in [7, 11) is 3.15. The van der Waals surface area contributed by atoms with Gasteiger partial charge < -0.3 is 19.9 Å². The minimum atomic E-state index is -0.805. The molecule has 0 spiro atoms. The lowest BCUT2D eigenvalue weighted by Gasteiger charge is -2.34. The first-order valence-corrected chi connectivity index (χ1v) is 4.80. The highest BCUT2D eigenvalue weighted by Gasteiger charge is 2.33. The number of methoxy groups -OCH3 is 2. The van der Waals surface area contributed by atoms with Gasteiger partial charge in [0.1, 0.15) is 12.7 Å². The lowest BCUT2D eigenvalue weighted by molar-refractivity contribution is -0.104. The van der Waals surface area contributed by atoms with Crippen LogP contribution in [0.15, 0.2) is 0 Å². The van der Waals surface area contributed by atoms with Crippen molar-refractivity contribution in [3.05, 3.63) is 0 Å². The molecule has 1 amide bonds. The van der Waals surface area contributed by atoms with Crippen LogP contribution >= 0.6 is 0 Å². The SMILES string of the molecule is COC([C@@H](COC(N)=O)OC)C(C)(C)C. The highest BCUT2D eigenvalue weighted by atomic mass is 16.6. The largest absolute Gasteiger partial charge is 0.447 e. The van der Waals surface area contributed by atoms with Crippen molar-refractivity contribution in [2.24, 2.45) is 11.1 Å². The van der Waals surface area contributed by atoms with E-state index in [1.165, 1.54) is 0 Å². The maximum Gasteiger partial charge on any atom is 0.404 e. The van der Waals surface area contributed by atoms with Crippen LogP contribution in [0, 0.1) is 5.41 Å². The van der Waals surface area contributed by atoms with E-state index in [9.17, 15) is 4.79 Å². The van der Waals surface area contributed by atoms with Gasteiger partial charge in [0.05, 0.1) is 6.10 Å². The van der Waals surface area contributed by atoms with Gasteiger partial charge in [0.2, 0.25) is 0 Å². The molecule has 0 rings (SSSR count). The van der Waals surface area contributed by atoms with E-state index in [2.05, 4.69) is 0 Å². The monoisotopic (exact) mass is 219 g/mol. The van der Waals surface area contributed by atoms with E-state index in [1.54, 1.807) is 14.2 Å².